The lowest BCUT2D eigenvalue weighted by Crippen LogP contribution is -2.28. The van der Waals surface area contributed by atoms with E-state index < -0.39 is 23.0 Å². The number of halogens is 2. The number of aromatic amines is 1. The summed E-state index contributed by atoms with van der Waals surface area (Å²) in [7, 11) is -3.85. The first-order valence-corrected chi connectivity index (χ1v) is 7.10. The van der Waals surface area contributed by atoms with Gasteiger partial charge in [-0.1, -0.05) is 6.92 Å². The quantitative estimate of drug-likeness (QED) is 0.624. The van der Waals surface area contributed by atoms with Crippen molar-refractivity contribution in [1.82, 2.24) is 15.0 Å². The molecule has 104 valence electrons. The number of hydrogen-bond donors (Lipinski definition) is 3. The highest BCUT2D eigenvalue weighted by Gasteiger charge is 2.17. The van der Waals surface area contributed by atoms with Crippen LogP contribution in [-0.2, 0) is 16.6 Å². The number of rotatable bonds is 8. The third-order valence-corrected chi connectivity index (χ3v) is 3.60. The number of aromatic nitrogens is 1. The van der Waals surface area contributed by atoms with Crippen molar-refractivity contribution in [1.29, 1.82) is 0 Å². The molecule has 18 heavy (non-hydrogen) atoms. The van der Waals surface area contributed by atoms with Crippen molar-refractivity contribution in [2.75, 3.05) is 13.1 Å². The smallest absolute Gasteiger partial charge is 0.251 e. The number of alkyl halides is 2. The molecule has 1 rings (SSSR count). The topological polar surface area (TPSA) is 74.0 Å². The van der Waals surface area contributed by atoms with E-state index in [1.54, 1.807) is 0 Å². The first-order valence-electron chi connectivity index (χ1n) is 5.61. The van der Waals surface area contributed by atoms with Gasteiger partial charge >= 0.3 is 0 Å². The van der Waals surface area contributed by atoms with E-state index >= 15 is 0 Å². The summed E-state index contributed by atoms with van der Waals surface area (Å²) in [5.74, 6) is 0. The van der Waals surface area contributed by atoms with Crippen molar-refractivity contribution in [3.63, 3.8) is 0 Å². The van der Waals surface area contributed by atoms with Crippen molar-refractivity contribution in [2.24, 2.45) is 0 Å². The molecule has 0 bridgehead atoms. The van der Waals surface area contributed by atoms with Crippen LogP contribution in [0.2, 0.25) is 0 Å². The van der Waals surface area contributed by atoms with Crippen molar-refractivity contribution < 1.29 is 17.2 Å². The standard InChI is InChI=1S/C10H17F2N3O2S/c1-2-3-13-5-8-4-9(6-14-8)18(16,17)15-7-10(11)12/h4,6,10,13-15H,2-3,5,7H2,1H3. The molecule has 0 saturated carbocycles. The minimum Gasteiger partial charge on any atom is -0.363 e. The van der Waals surface area contributed by atoms with Crippen molar-refractivity contribution in [2.45, 2.75) is 31.2 Å². The maximum atomic E-state index is 11.9. The van der Waals surface area contributed by atoms with Gasteiger partial charge in [-0.15, -0.1) is 0 Å². The molecule has 1 aromatic heterocycles. The number of nitrogens with one attached hydrogen (secondary N) is 3. The Kier molecular flexibility index (Phi) is 5.70. The molecule has 0 aliphatic rings. The molecular formula is C10H17F2N3O2S. The Morgan fingerprint density at radius 1 is 1.44 bits per heavy atom. The minimum atomic E-state index is -3.85. The van der Waals surface area contributed by atoms with E-state index in [0.717, 1.165) is 13.0 Å². The number of sulfonamides is 1. The molecular weight excluding hydrogens is 264 g/mol. The van der Waals surface area contributed by atoms with Crippen LogP contribution in [0.5, 0.6) is 0 Å². The highest BCUT2D eigenvalue weighted by Crippen LogP contribution is 2.10. The van der Waals surface area contributed by atoms with Crippen molar-refractivity contribution in [3.8, 4) is 0 Å². The maximum absolute atomic E-state index is 11.9. The normalized spacial score (nSPS) is 12.2. The first kappa shape index (κ1) is 15.1. The molecule has 0 aliphatic heterocycles. The van der Waals surface area contributed by atoms with Gasteiger partial charge in [0, 0.05) is 18.4 Å². The molecule has 0 aromatic carbocycles. The molecule has 0 aliphatic carbocycles. The van der Waals surface area contributed by atoms with Crippen molar-refractivity contribution in [3.05, 3.63) is 18.0 Å². The second-order valence-corrected chi connectivity index (χ2v) is 5.55. The highest BCUT2D eigenvalue weighted by atomic mass is 32.2. The Balaban J connectivity index is 2.60. The Bertz CT molecular complexity index is 459. The van der Waals surface area contributed by atoms with E-state index in [4.69, 9.17) is 0 Å². The third kappa shape index (κ3) is 4.71. The lowest BCUT2D eigenvalue weighted by Gasteiger charge is -2.03. The second kappa shape index (κ2) is 6.81. The minimum absolute atomic E-state index is 0.0311. The molecule has 0 spiro atoms. The van der Waals surface area contributed by atoms with Gasteiger partial charge in [-0.05, 0) is 19.0 Å². The molecule has 0 radical (unpaired) electrons. The lowest BCUT2D eigenvalue weighted by molar-refractivity contribution is 0.153. The van der Waals surface area contributed by atoms with E-state index in [1.165, 1.54) is 12.3 Å². The fraction of sp³-hybridized carbons (Fsp3) is 0.600. The largest absolute Gasteiger partial charge is 0.363 e. The average molecular weight is 281 g/mol. The number of H-pyrrole nitrogens is 1. The Labute approximate surface area is 105 Å². The Morgan fingerprint density at radius 3 is 2.78 bits per heavy atom. The van der Waals surface area contributed by atoms with Gasteiger partial charge in [-0.25, -0.2) is 21.9 Å². The lowest BCUT2D eigenvalue weighted by atomic mass is 10.4. The van der Waals surface area contributed by atoms with E-state index in [9.17, 15) is 17.2 Å². The van der Waals surface area contributed by atoms with Crippen LogP contribution in [0, 0.1) is 0 Å². The summed E-state index contributed by atoms with van der Waals surface area (Å²) < 4.78 is 48.9. The molecule has 0 amide bonds. The summed E-state index contributed by atoms with van der Waals surface area (Å²) in [6.45, 7) is 2.48. The molecule has 0 unspecified atom stereocenters. The number of hydrogen-bond acceptors (Lipinski definition) is 3. The Hall–Kier alpha value is -0.990. The summed E-state index contributed by atoms with van der Waals surface area (Å²) in [6, 6.07) is 1.43. The van der Waals surface area contributed by atoms with Crippen LogP contribution in [0.4, 0.5) is 8.78 Å². The molecule has 8 heteroatoms. The van der Waals surface area contributed by atoms with E-state index in [0.29, 0.717) is 12.2 Å². The third-order valence-electron chi connectivity index (χ3n) is 2.20. The van der Waals surface area contributed by atoms with Gasteiger partial charge in [0.2, 0.25) is 10.0 Å². The highest BCUT2D eigenvalue weighted by molar-refractivity contribution is 7.89. The van der Waals surface area contributed by atoms with Gasteiger partial charge in [0.25, 0.3) is 6.43 Å². The van der Waals surface area contributed by atoms with Crippen LogP contribution in [-0.4, -0.2) is 32.9 Å². The average Bonchev–Trinajstić information content (AvgIpc) is 2.76. The monoisotopic (exact) mass is 281 g/mol. The van der Waals surface area contributed by atoms with Crippen LogP contribution < -0.4 is 10.0 Å². The molecule has 5 nitrogen and oxygen atoms in total. The van der Waals surface area contributed by atoms with Crippen molar-refractivity contribution >= 4 is 10.0 Å². The van der Waals surface area contributed by atoms with Crippen LogP contribution in [0.1, 0.15) is 19.0 Å². The van der Waals surface area contributed by atoms with Gasteiger partial charge in [0.05, 0.1) is 11.4 Å². The second-order valence-electron chi connectivity index (χ2n) is 3.78. The zero-order valence-electron chi connectivity index (χ0n) is 10.0. The van der Waals surface area contributed by atoms with Crippen LogP contribution in [0.25, 0.3) is 0 Å². The molecule has 0 fully saturated rings. The maximum Gasteiger partial charge on any atom is 0.251 e. The first-order chi connectivity index (χ1) is 8.45. The van der Waals surface area contributed by atoms with Crippen LogP contribution in [0.15, 0.2) is 17.2 Å². The van der Waals surface area contributed by atoms with Gasteiger partial charge in [-0.3, -0.25) is 0 Å². The SMILES string of the molecule is CCCNCc1cc(S(=O)(=O)NCC(F)F)c[nH]1. The molecule has 0 saturated heterocycles. The molecule has 1 heterocycles. The zero-order valence-corrected chi connectivity index (χ0v) is 10.9. The fourth-order valence-electron chi connectivity index (χ4n) is 1.33. The van der Waals surface area contributed by atoms with Crippen LogP contribution in [0.3, 0.4) is 0 Å². The summed E-state index contributed by atoms with van der Waals surface area (Å²) in [4.78, 5) is 2.76. The summed E-state index contributed by atoms with van der Waals surface area (Å²) in [6.07, 6.45) is -0.442. The summed E-state index contributed by atoms with van der Waals surface area (Å²) >= 11 is 0. The molecule has 1 aromatic rings. The van der Waals surface area contributed by atoms with Gasteiger partial charge < -0.3 is 10.3 Å². The van der Waals surface area contributed by atoms with E-state index in [2.05, 4.69) is 10.3 Å². The molecule has 0 atom stereocenters. The molecule has 3 N–H and O–H groups in total. The fourth-order valence-corrected chi connectivity index (χ4v) is 2.36. The Morgan fingerprint density at radius 2 is 2.17 bits per heavy atom. The summed E-state index contributed by atoms with van der Waals surface area (Å²) in [5, 5.41) is 3.10. The van der Waals surface area contributed by atoms with Crippen LogP contribution >= 0.6 is 0 Å². The van der Waals surface area contributed by atoms with E-state index in [1.807, 2.05) is 11.6 Å². The van der Waals surface area contributed by atoms with Gasteiger partial charge in [0.15, 0.2) is 0 Å². The summed E-state index contributed by atoms with van der Waals surface area (Å²) in [5.41, 5.74) is 0.695. The van der Waals surface area contributed by atoms with Gasteiger partial charge in [-0.2, -0.15) is 0 Å². The van der Waals surface area contributed by atoms with E-state index in [-0.39, 0.29) is 4.90 Å². The zero-order chi connectivity index (χ0) is 13.6. The van der Waals surface area contributed by atoms with Gasteiger partial charge in [0.1, 0.15) is 0 Å². The predicted octanol–water partition coefficient (Wildman–Crippen LogP) is 1.06. The predicted molar refractivity (Wildman–Crippen MR) is 64.0 cm³/mol.